The number of pyridine rings is 1. The Kier molecular flexibility index (Phi) is 5.69. The zero-order valence-corrected chi connectivity index (χ0v) is 20.2. The normalized spacial score (nSPS) is 14.2. The zero-order valence-electron chi connectivity index (χ0n) is 20.2. The van der Waals surface area contributed by atoms with E-state index >= 15 is 0 Å². The monoisotopic (exact) mass is 495 g/mol. The van der Waals surface area contributed by atoms with Gasteiger partial charge in [-0.2, -0.15) is 0 Å². The molecule has 0 aliphatic carbocycles. The minimum atomic E-state index is -1.29. The fraction of sp³-hybridized carbons (Fsp3) is 0.308. The second-order valence-corrected chi connectivity index (χ2v) is 9.27. The van der Waals surface area contributed by atoms with E-state index in [-0.39, 0.29) is 11.7 Å². The lowest BCUT2D eigenvalue weighted by molar-refractivity contribution is -0.119. The SMILES string of the molecule is CCCc1nc(-c2c(C)nc3c(OCc4c(F)ccc(F)c4F)cccn23)nc2c1C(C)(C)C(=O)N2. The fourth-order valence-corrected chi connectivity index (χ4v) is 4.54. The molecule has 1 N–H and O–H groups in total. The van der Waals surface area contributed by atoms with Crippen molar-refractivity contribution in [3.8, 4) is 17.3 Å². The third-order valence-corrected chi connectivity index (χ3v) is 6.41. The topological polar surface area (TPSA) is 81.4 Å². The van der Waals surface area contributed by atoms with Crippen LogP contribution in [0.5, 0.6) is 5.75 Å². The maximum absolute atomic E-state index is 14.1. The number of hydrogen-bond donors (Lipinski definition) is 1. The number of hydrogen-bond acceptors (Lipinski definition) is 5. The Labute approximate surface area is 205 Å². The van der Waals surface area contributed by atoms with E-state index in [0.29, 0.717) is 35.1 Å². The Morgan fingerprint density at radius 1 is 1.08 bits per heavy atom. The van der Waals surface area contributed by atoms with Gasteiger partial charge in [-0.25, -0.2) is 28.1 Å². The summed E-state index contributed by atoms with van der Waals surface area (Å²) < 4.78 is 49.2. The van der Waals surface area contributed by atoms with E-state index in [1.54, 1.807) is 29.7 Å². The number of amides is 1. The van der Waals surface area contributed by atoms with Gasteiger partial charge in [-0.1, -0.05) is 13.3 Å². The summed E-state index contributed by atoms with van der Waals surface area (Å²) in [5.74, 6) is -2.36. The summed E-state index contributed by atoms with van der Waals surface area (Å²) in [7, 11) is 0. The molecule has 4 heterocycles. The number of fused-ring (bicyclic) bond motifs is 2. The molecule has 0 unspecified atom stereocenters. The Balaban J connectivity index is 1.58. The number of aryl methyl sites for hydroxylation is 2. The lowest BCUT2D eigenvalue weighted by atomic mass is 9.85. The first-order chi connectivity index (χ1) is 17.1. The first-order valence-electron chi connectivity index (χ1n) is 11.6. The first-order valence-corrected chi connectivity index (χ1v) is 11.6. The molecular formula is C26H24F3N5O2. The maximum atomic E-state index is 14.1. The Morgan fingerprint density at radius 2 is 1.83 bits per heavy atom. The van der Waals surface area contributed by atoms with E-state index in [1.807, 2.05) is 20.8 Å². The van der Waals surface area contributed by atoms with Gasteiger partial charge in [0.15, 0.2) is 28.9 Å². The van der Waals surface area contributed by atoms with Crippen LogP contribution in [-0.4, -0.2) is 25.3 Å². The molecule has 0 atom stereocenters. The van der Waals surface area contributed by atoms with Crippen LogP contribution in [0.1, 0.15) is 49.7 Å². The molecule has 0 spiro atoms. The molecule has 10 heteroatoms. The summed E-state index contributed by atoms with van der Waals surface area (Å²) in [5, 5.41) is 2.88. The predicted octanol–water partition coefficient (Wildman–Crippen LogP) is 5.28. The number of ether oxygens (including phenoxy) is 1. The molecule has 1 aromatic carbocycles. The van der Waals surface area contributed by atoms with Gasteiger partial charge in [0.2, 0.25) is 5.91 Å². The minimum Gasteiger partial charge on any atom is -0.485 e. The number of carbonyl (C=O) groups is 1. The first kappa shape index (κ1) is 23.8. The number of nitrogens with zero attached hydrogens (tertiary/aromatic N) is 4. The van der Waals surface area contributed by atoms with Crippen molar-refractivity contribution in [2.24, 2.45) is 0 Å². The number of carbonyl (C=O) groups excluding carboxylic acids is 1. The lowest BCUT2D eigenvalue weighted by Crippen LogP contribution is -2.28. The molecule has 4 aromatic rings. The van der Waals surface area contributed by atoms with Crippen molar-refractivity contribution in [2.75, 3.05) is 5.32 Å². The maximum Gasteiger partial charge on any atom is 0.235 e. The fourth-order valence-electron chi connectivity index (χ4n) is 4.54. The van der Waals surface area contributed by atoms with Crippen LogP contribution in [0.2, 0.25) is 0 Å². The standard InChI is InChI=1S/C26H24F3N5O2/c1-5-7-17-19-22(33-25(35)26(19,3)4)32-23(31-17)21-13(2)30-24-18(8-6-11-34(21)24)36-12-14-15(27)9-10-16(28)20(14)29/h6,8-11H,5,7,12H2,1-4H3,(H,31,32,33,35). The van der Waals surface area contributed by atoms with Crippen molar-refractivity contribution in [1.82, 2.24) is 19.4 Å². The van der Waals surface area contributed by atoms with Gasteiger partial charge >= 0.3 is 0 Å². The average Bonchev–Trinajstić information content (AvgIpc) is 3.28. The number of aromatic nitrogens is 4. The summed E-state index contributed by atoms with van der Waals surface area (Å²) in [6.45, 7) is 7.01. The number of rotatable bonds is 6. The van der Waals surface area contributed by atoms with Crippen molar-refractivity contribution >= 4 is 17.4 Å². The molecule has 7 nitrogen and oxygen atoms in total. The van der Waals surface area contributed by atoms with Crippen LogP contribution in [0.4, 0.5) is 19.0 Å². The number of imidazole rings is 1. The largest absolute Gasteiger partial charge is 0.485 e. The molecule has 0 radical (unpaired) electrons. The third-order valence-electron chi connectivity index (χ3n) is 6.41. The van der Waals surface area contributed by atoms with Crippen LogP contribution in [0.15, 0.2) is 30.5 Å². The van der Waals surface area contributed by atoms with Crippen molar-refractivity contribution in [3.05, 3.63) is 70.4 Å². The zero-order chi connectivity index (χ0) is 25.8. The molecule has 186 valence electrons. The van der Waals surface area contributed by atoms with Crippen LogP contribution in [0, 0.1) is 24.4 Å². The summed E-state index contributed by atoms with van der Waals surface area (Å²) in [6, 6.07) is 4.88. The van der Waals surface area contributed by atoms with Crippen LogP contribution in [0.25, 0.3) is 17.2 Å². The Bertz CT molecular complexity index is 1530. The molecule has 0 saturated carbocycles. The van der Waals surface area contributed by atoms with Crippen molar-refractivity contribution in [1.29, 1.82) is 0 Å². The Morgan fingerprint density at radius 3 is 2.58 bits per heavy atom. The molecular weight excluding hydrogens is 471 g/mol. The highest BCUT2D eigenvalue weighted by atomic mass is 19.2. The van der Waals surface area contributed by atoms with Crippen LogP contribution < -0.4 is 10.1 Å². The summed E-state index contributed by atoms with van der Waals surface area (Å²) in [5.41, 5.74) is 1.91. The van der Waals surface area contributed by atoms with E-state index in [9.17, 15) is 18.0 Å². The quantitative estimate of drug-likeness (QED) is 0.368. The number of benzene rings is 1. The van der Waals surface area contributed by atoms with Crippen LogP contribution >= 0.6 is 0 Å². The molecule has 0 saturated heterocycles. The highest BCUT2D eigenvalue weighted by Crippen LogP contribution is 2.40. The van der Waals surface area contributed by atoms with Gasteiger partial charge < -0.3 is 10.1 Å². The average molecular weight is 496 g/mol. The summed E-state index contributed by atoms with van der Waals surface area (Å²) in [4.78, 5) is 26.7. The summed E-state index contributed by atoms with van der Waals surface area (Å²) in [6.07, 6.45) is 3.26. The van der Waals surface area contributed by atoms with E-state index in [4.69, 9.17) is 9.72 Å². The summed E-state index contributed by atoms with van der Waals surface area (Å²) >= 11 is 0. The number of halogens is 3. The highest BCUT2D eigenvalue weighted by molar-refractivity contribution is 6.05. The van der Waals surface area contributed by atoms with Gasteiger partial charge in [-0.15, -0.1) is 0 Å². The van der Waals surface area contributed by atoms with Gasteiger partial charge in [-0.3, -0.25) is 9.20 Å². The van der Waals surface area contributed by atoms with Crippen molar-refractivity contribution < 1.29 is 22.7 Å². The van der Waals surface area contributed by atoms with Crippen molar-refractivity contribution in [2.45, 2.75) is 52.6 Å². The predicted molar refractivity (Wildman–Crippen MR) is 127 cm³/mol. The second-order valence-electron chi connectivity index (χ2n) is 9.27. The molecule has 1 aliphatic heterocycles. The second kappa shape index (κ2) is 8.61. The highest BCUT2D eigenvalue weighted by Gasteiger charge is 2.42. The molecule has 0 fully saturated rings. The number of anilines is 1. The number of nitrogens with one attached hydrogen (secondary N) is 1. The minimum absolute atomic E-state index is 0.135. The molecule has 36 heavy (non-hydrogen) atoms. The van der Waals surface area contributed by atoms with Gasteiger partial charge in [0, 0.05) is 11.8 Å². The molecule has 1 aliphatic rings. The molecule has 3 aromatic heterocycles. The molecule has 1 amide bonds. The lowest BCUT2D eigenvalue weighted by Gasteiger charge is -2.18. The van der Waals surface area contributed by atoms with Crippen LogP contribution in [0.3, 0.4) is 0 Å². The molecule has 5 rings (SSSR count). The van der Waals surface area contributed by atoms with Gasteiger partial charge in [0.1, 0.15) is 23.9 Å². The Hall–Kier alpha value is -3.95. The van der Waals surface area contributed by atoms with Crippen molar-refractivity contribution in [3.63, 3.8) is 0 Å². The van der Waals surface area contributed by atoms with Crippen LogP contribution in [-0.2, 0) is 23.2 Å². The van der Waals surface area contributed by atoms with E-state index in [2.05, 4.69) is 15.3 Å². The van der Waals surface area contributed by atoms with Gasteiger partial charge in [0.05, 0.1) is 22.4 Å². The smallest absolute Gasteiger partial charge is 0.235 e. The van der Waals surface area contributed by atoms with E-state index in [0.717, 1.165) is 29.8 Å². The van der Waals surface area contributed by atoms with Gasteiger partial charge in [-0.05, 0) is 51.5 Å². The van der Waals surface area contributed by atoms with E-state index < -0.39 is 35.0 Å². The third kappa shape index (κ3) is 3.68. The molecule has 0 bridgehead atoms. The van der Waals surface area contributed by atoms with Gasteiger partial charge in [0.25, 0.3) is 0 Å². The van der Waals surface area contributed by atoms with E-state index in [1.165, 1.54) is 0 Å².